The highest BCUT2D eigenvalue weighted by molar-refractivity contribution is 6.03. The summed E-state index contributed by atoms with van der Waals surface area (Å²) in [5.41, 5.74) is 6.99. The van der Waals surface area contributed by atoms with Gasteiger partial charge in [0.1, 0.15) is 5.75 Å². The van der Waals surface area contributed by atoms with Crippen molar-refractivity contribution in [2.75, 3.05) is 6.61 Å². The predicted octanol–water partition coefficient (Wildman–Crippen LogP) is 3.23. The van der Waals surface area contributed by atoms with Gasteiger partial charge in [-0.3, -0.25) is 4.79 Å². The number of rotatable bonds is 4. The molecule has 0 heterocycles. The van der Waals surface area contributed by atoms with Crippen LogP contribution in [0.5, 0.6) is 5.75 Å². The number of hydrogen-bond acceptors (Lipinski definition) is 3. The van der Waals surface area contributed by atoms with E-state index in [2.05, 4.69) is 22.7 Å². The van der Waals surface area contributed by atoms with E-state index in [4.69, 9.17) is 4.74 Å². The lowest BCUT2D eigenvalue weighted by atomic mass is 9.90. The molecule has 0 spiro atoms. The minimum absolute atomic E-state index is 0.0384. The zero-order valence-corrected chi connectivity index (χ0v) is 13.2. The van der Waals surface area contributed by atoms with E-state index in [9.17, 15) is 4.79 Å². The molecule has 0 saturated carbocycles. The Labute approximate surface area is 136 Å². The topological polar surface area (TPSA) is 50.7 Å². The number of aryl methyl sites for hydroxylation is 2. The maximum atomic E-state index is 11.9. The van der Waals surface area contributed by atoms with Gasteiger partial charge in [-0.15, -0.1) is 0 Å². The first-order valence-corrected chi connectivity index (χ1v) is 7.86. The van der Waals surface area contributed by atoms with Gasteiger partial charge in [0.25, 0.3) is 5.91 Å². The molecule has 1 N–H and O–H groups in total. The minimum atomic E-state index is -0.246. The van der Waals surface area contributed by atoms with Gasteiger partial charge in [0.15, 0.2) is 6.61 Å². The summed E-state index contributed by atoms with van der Waals surface area (Å²) in [6.45, 7) is 1.91. The Morgan fingerprint density at radius 1 is 1.13 bits per heavy atom. The maximum Gasteiger partial charge on any atom is 0.277 e. The number of para-hydroxylation sites is 1. The smallest absolute Gasteiger partial charge is 0.277 e. The Kier molecular flexibility index (Phi) is 4.71. The number of ether oxygens (including phenoxy) is 1. The summed E-state index contributed by atoms with van der Waals surface area (Å²) in [5.74, 6) is 0.474. The lowest BCUT2D eigenvalue weighted by molar-refractivity contribution is -0.123. The molecule has 118 valence electrons. The molecule has 0 aromatic heterocycles. The van der Waals surface area contributed by atoms with E-state index in [1.54, 1.807) is 0 Å². The van der Waals surface area contributed by atoms with Crippen molar-refractivity contribution in [3.63, 3.8) is 0 Å². The average molecular weight is 308 g/mol. The third-order valence-corrected chi connectivity index (χ3v) is 3.96. The van der Waals surface area contributed by atoms with Crippen molar-refractivity contribution in [1.82, 2.24) is 5.43 Å². The molecule has 0 bridgehead atoms. The number of nitrogens with one attached hydrogen (secondary N) is 1. The van der Waals surface area contributed by atoms with Gasteiger partial charge < -0.3 is 4.74 Å². The van der Waals surface area contributed by atoms with E-state index in [1.807, 2.05) is 43.3 Å². The maximum absolute atomic E-state index is 11.9. The van der Waals surface area contributed by atoms with Crippen LogP contribution in [0.2, 0.25) is 0 Å². The molecule has 0 fully saturated rings. The molecule has 2 aromatic carbocycles. The summed E-state index contributed by atoms with van der Waals surface area (Å²) >= 11 is 0. The number of benzene rings is 2. The average Bonchev–Trinajstić information content (AvgIpc) is 2.59. The van der Waals surface area contributed by atoms with Gasteiger partial charge in [0.2, 0.25) is 0 Å². The van der Waals surface area contributed by atoms with Crippen LogP contribution in [0, 0.1) is 6.92 Å². The summed E-state index contributed by atoms with van der Waals surface area (Å²) < 4.78 is 5.53. The number of fused-ring (bicyclic) bond motifs is 1. The van der Waals surface area contributed by atoms with E-state index in [0.717, 1.165) is 41.9 Å². The fraction of sp³-hybridized carbons (Fsp3) is 0.263. The van der Waals surface area contributed by atoms with Crippen LogP contribution in [0.3, 0.4) is 0 Å². The minimum Gasteiger partial charge on any atom is -0.483 e. The van der Waals surface area contributed by atoms with Gasteiger partial charge >= 0.3 is 0 Å². The first-order valence-electron chi connectivity index (χ1n) is 7.86. The van der Waals surface area contributed by atoms with Crippen LogP contribution in [-0.2, 0) is 11.2 Å². The van der Waals surface area contributed by atoms with Crippen LogP contribution in [0.1, 0.15) is 29.5 Å². The van der Waals surface area contributed by atoms with Crippen LogP contribution in [0.15, 0.2) is 53.6 Å². The Hall–Kier alpha value is -2.62. The molecular formula is C19H20N2O2. The first-order chi connectivity index (χ1) is 11.2. The van der Waals surface area contributed by atoms with Crippen molar-refractivity contribution in [1.29, 1.82) is 0 Å². The van der Waals surface area contributed by atoms with E-state index < -0.39 is 0 Å². The molecule has 0 saturated heterocycles. The van der Waals surface area contributed by atoms with Crippen LogP contribution in [0.25, 0.3) is 0 Å². The molecule has 0 unspecified atom stereocenters. The Morgan fingerprint density at radius 3 is 2.78 bits per heavy atom. The van der Waals surface area contributed by atoms with Gasteiger partial charge in [-0.25, -0.2) is 5.43 Å². The van der Waals surface area contributed by atoms with Gasteiger partial charge in [-0.2, -0.15) is 5.10 Å². The predicted molar refractivity (Wildman–Crippen MR) is 90.7 cm³/mol. The largest absolute Gasteiger partial charge is 0.483 e. The van der Waals surface area contributed by atoms with E-state index >= 15 is 0 Å². The quantitative estimate of drug-likeness (QED) is 0.882. The zero-order valence-electron chi connectivity index (χ0n) is 13.2. The molecule has 0 radical (unpaired) electrons. The standard InChI is InChI=1S/C19H20N2O2/c1-14-7-2-5-12-18(14)23-13-19(22)21-20-17-11-6-9-15-8-3-4-10-16(15)17/h2-5,7-8,10,12H,6,9,11,13H2,1H3,(H,21,22). The molecular weight excluding hydrogens is 288 g/mol. The van der Waals surface area contributed by atoms with Crippen molar-refractivity contribution in [3.8, 4) is 5.75 Å². The molecule has 23 heavy (non-hydrogen) atoms. The highest BCUT2D eigenvalue weighted by Crippen LogP contribution is 2.21. The second-order valence-electron chi connectivity index (χ2n) is 5.66. The van der Waals surface area contributed by atoms with Crippen molar-refractivity contribution in [2.45, 2.75) is 26.2 Å². The van der Waals surface area contributed by atoms with E-state index in [-0.39, 0.29) is 12.5 Å². The van der Waals surface area contributed by atoms with Crippen molar-refractivity contribution < 1.29 is 9.53 Å². The second-order valence-corrected chi connectivity index (χ2v) is 5.66. The number of carbonyl (C=O) groups is 1. The number of nitrogens with zero attached hydrogens (tertiary/aromatic N) is 1. The highest BCUT2D eigenvalue weighted by Gasteiger charge is 2.15. The zero-order chi connectivity index (χ0) is 16.1. The lowest BCUT2D eigenvalue weighted by Gasteiger charge is -2.17. The molecule has 1 aliphatic rings. The van der Waals surface area contributed by atoms with Gasteiger partial charge in [-0.05, 0) is 43.4 Å². The molecule has 2 aromatic rings. The summed E-state index contributed by atoms with van der Waals surface area (Å²) in [4.78, 5) is 11.9. The molecule has 4 heteroatoms. The van der Waals surface area contributed by atoms with Crippen molar-refractivity contribution >= 4 is 11.6 Å². The SMILES string of the molecule is Cc1ccccc1OCC(=O)NN=C1CCCc2ccccc21. The van der Waals surface area contributed by atoms with E-state index in [1.165, 1.54) is 5.56 Å². The highest BCUT2D eigenvalue weighted by atomic mass is 16.5. The molecule has 3 rings (SSSR count). The van der Waals surface area contributed by atoms with Crippen LogP contribution in [0.4, 0.5) is 0 Å². The number of hydrogen-bond donors (Lipinski definition) is 1. The van der Waals surface area contributed by atoms with E-state index in [0.29, 0.717) is 0 Å². The monoisotopic (exact) mass is 308 g/mol. The number of amides is 1. The fourth-order valence-corrected chi connectivity index (χ4v) is 2.74. The first kappa shape index (κ1) is 15.3. The third kappa shape index (κ3) is 3.77. The fourth-order valence-electron chi connectivity index (χ4n) is 2.74. The lowest BCUT2D eigenvalue weighted by Crippen LogP contribution is -2.27. The molecule has 0 aliphatic heterocycles. The second kappa shape index (κ2) is 7.09. The van der Waals surface area contributed by atoms with Crippen molar-refractivity contribution in [2.24, 2.45) is 5.10 Å². The van der Waals surface area contributed by atoms with Gasteiger partial charge in [0.05, 0.1) is 5.71 Å². The summed E-state index contributed by atoms with van der Waals surface area (Å²) in [6.07, 6.45) is 3.01. The van der Waals surface area contributed by atoms with Gasteiger partial charge in [-0.1, -0.05) is 42.5 Å². The Balaban J connectivity index is 1.60. The van der Waals surface area contributed by atoms with Crippen LogP contribution in [-0.4, -0.2) is 18.2 Å². The molecule has 1 aliphatic carbocycles. The van der Waals surface area contributed by atoms with Crippen LogP contribution >= 0.6 is 0 Å². The molecule has 1 amide bonds. The van der Waals surface area contributed by atoms with Crippen molar-refractivity contribution in [3.05, 3.63) is 65.2 Å². The summed E-state index contributed by atoms with van der Waals surface area (Å²) in [5, 5.41) is 4.30. The van der Waals surface area contributed by atoms with Gasteiger partial charge in [0, 0.05) is 5.56 Å². The summed E-state index contributed by atoms with van der Waals surface area (Å²) in [6, 6.07) is 15.8. The van der Waals surface area contributed by atoms with Crippen LogP contribution < -0.4 is 10.2 Å². The number of hydrazone groups is 1. The molecule has 0 atom stereocenters. The Morgan fingerprint density at radius 2 is 1.91 bits per heavy atom. The summed E-state index contributed by atoms with van der Waals surface area (Å²) in [7, 11) is 0. The Bertz CT molecular complexity index is 738. The third-order valence-electron chi connectivity index (χ3n) is 3.96. The molecule has 4 nitrogen and oxygen atoms in total. The number of carbonyl (C=O) groups excluding carboxylic acids is 1. The normalized spacial score (nSPS) is 15.1.